The van der Waals surface area contributed by atoms with Crippen LogP contribution in [0.2, 0.25) is 0 Å². The van der Waals surface area contributed by atoms with Crippen LogP contribution in [-0.4, -0.2) is 45.7 Å². The molecule has 0 bridgehead atoms. The van der Waals surface area contributed by atoms with Gasteiger partial charge in [-0.25, -0.2) is 9.97 Å². The van der Waals surface area contributed by atoms with Gasteiger partial charge in [-0.1, -0.05) is 12.5 Å². The molecule has 0 saturated carbocycles. The molecule has 5 rings (SSSR count). The Kier molecular flexibility index (Phi) is 5.28. The number of hydrogen-bond acceptors (Lipinski definition) is 5. The molecule has 4 aromatic rings. The van der Waals surface area contributed by atoms with Crippen LogP contribution in [0.4, 0.5) is 0 Å². The zero-order valence-corrected chi connectivity index (χ0v) is 17.1. The Hall–Kier alpha value is -2.70. The molecule has 0 amide bonds. The quantitative estimate of drug-likeness (QED) is 0.453. The lowest BCUT2D eigenvalue weighted by atomic mass is 10.1. The first-order chi connectivity index (χ1) is 14.4. The fourth-order valence-electron chi connectivity index (χ4n) is 3.89. The highest BCUT2D eigenvalue weighted by Gasteiger charge is 2.10. The molecule has 0 spiro atoms. The van der Waals surface area contributed by atoms with Crippen molar-refractivity contribution in [1.29, 1.82) is 0 Å². The van der Waals surface area contributed by atoms with Gasteiger partial charge in [0.15, 0.2) is 0 Å². The molecule has 1 fully saturated rings. The maximum atomic E-state index is 5.85. The van der Waals surface area contributed by atoms with Crippen LogP contribution in [0.25, 0.3) is 27.8 Å². The lowest BCUT2D eigenvalue weighted by Gasteiger charge is -2.26. The Morgan fingerprint density at radius 1 is 0.966 bits per heavy atom. The van der Waals surface area contributed by atoms with E-state index in [0.29, 0.717) is 12.5 Å². The summed E-state index contributed by atoms with van der Waals surface area (Å²) in [5.74, 6) is 0.688. The first kappa shape index (κ1) is 18.3. The lowest BCUT2D eigenvalue weighted by Crippen LogP contribution is -2.33. The van der Waals surface area contributed by atoms with Crippen molar-refractivity contribution in [1.82, 2.24) is 19.4 Å². The Labute approximate surface area is 174 Å². The highest BCUT2D eigenvalue weighted by molar-refractivity contribution is 7.08. The zero-order valence-electron chi connectivity index (χ0n) is 16.3. The molecule has 148 valence electrons. The summed E-state index contributed by atoms with van der Waals surface area (Å²) in [5, 5.41) is 4.21. The number of benzene rings is 1. The van der Waals surface area contributed by atoms with E-state index in [0.717, 1.165) is 34.4 Å². The van der Waals surface area contributed by atoms with Crippen LogP contribution in [-0.2, 0) is 0 Å². The number of thiophene rings is 1. The Balaban J connectivity index is 1.26. The lowest BCUT2D eigenvalue weighted by molar-refractivity contribution is 0.180. The number of nitrogens with zero attached hydrogens (tertiary/aromatic N) is 4. The molecule has 1 aliphatic rings. The van der Waals surface area contributed by atoms with E-state index in [1.54, 1.807) is 11.3 Å². The van der Waals surface area contributed by atoms with Gasteiger partial charge in [0.2, 0.25) is 5.88 Å². The summed E-state index contributed by atoms with van der Waals surface area (Å²) in [6.45, 7) is 4.06. The summed E-state index contributed by atoms with van der Waals surface area (Å²) in [7, 11) is 0. The highest BCUT2D eigenvalue weighted by atomic mass is 32.1. The second-order valence-corrected chi connectivity index (χ2v) is 8.22. The topological polar surface area (TPSA) is 43.2 Å². The number of fused-ring (bicyclic) bond motifs is 1. The summed E-state index contributed by atoms with van der Waals surface area (Å²) in [5.41, 5.74) is 5.42. The van der Waals surface area contributed by atoms with Crippen LogP contribution in [0, 0.1) is 0 Å². The monoisotopic (exact) mass is 404 g/mol. The molecule has 29 heavy (non-hydrogen) atoms. The standard InChI is InChI=1S/C23H24N4OS/c1-2-9-26(10-3-1)11-12-28-23-7-5-19(15-24-23)18-4-6-22-21(14-18)25-17-27(22)20-8-13-29-16-20/h4-8,13-17H,1-3,9-12H2. The minimum Gasteiger partial charge on any atom is -0.476 e. The molecule has 1 saturated heterocycles. The van der Waals surface area contributed by atoms with E-state index < -0.39 is 0 Å². The van der Waals surface area contributed by atoms with E-state index in [1.807, 2.05) is 18.6 Å². The van der Waals surface area contributed by atoms with Gasteiger partial charge in [0.1, 0.15) is 12.9 Å². The van der Waals surface area contributed by atoms with Gasteiger partial charge in [0, 0.05) is 29.8 Å². The minimum atomic E-state index is 0.688. The Morgan fingerprint density at radius 2 is 1.86 bits per heavy atom. The number of ether oxygens (including phenoxy) is 1. The van der Waals surface area contributed by atoms with E-state index in [2.05, 4.69) is 60.5 Å². The largest absolute Gasteiger partial charge is 0.476 e. The van der Waals surface area contributed by atoms with Crippen molar-refractivity contribution in [2.75, 3.05) is 26.2 Å². The third kappa shape index (κ3) is 4.04. The highest BCUT2D eigenvalue weighted by Crippen LogP contribution is 2.26. The van der Waals surface area contributed by atoms with Crippen molar-refractivity contribution in [2.45, 2.75) is 19.3 Å². The van der Waals surface area contributed by atoms with Gasteiger partial charge in [-0.05, 0) is 61.1 Å². The van der Waals surface area contributed by atoms with Crippen LogP contribution in [0.3, 0.4) is 0 Å². The molecule has 3 aromatic heterocycles. The van der Waals surface area contributed by atoms with Gasteiger partial charge < -0.3 is 4.74 Å². The van der Waals surface area contributed by atoms with Crippen LogP contribution in [0.5, 0.6) is 5.88 Å². The summed E-state index contributed by atoms with van der Waals surface area (Å²) in [6, 6.07) is 12.5. The SMILES string of the molecule is c1cc(-n2cnc3cc(-c4ccc(OCCN5CCCCC5)nc4)ccc32)cs1. The third-order valence-electron chi connectivity index (χ3n) is 5.51. The van der Waals surface area contributed by atoms with Gasteiger partial charge in [-0.3, -0.25) is 9.47 Å². The fourth-order valence-corrected chi connectivity index (χ4v) is 4.52. The van der Waals surface area contributed by atoms with Crippen molar-refractivity contribution in [3.05, 3.63) is 59.7 Å². The molecule has 0 N–H and O–H groups in total. The number of rotatable bonds is 6. The molecular weight excluding hydrogens is 380 g/mol. The molecule has 1 aliphatic heterocycles. The number of piperidine rings is 1. The number of likely N-dealkylation sites (tertiary alicyclic amines) is 1. The first-order valence-electron chi connectivity index (χ1n) is 10.2. The van der Waals surface area contributed by atoms with Gasteiger partial charge in [-0.2, -0.15) is 11.3 Å². The molecule has 1 aromatic carbocycles. The zero-order chi connectivity index (χ0) is 19.5. The van der Waals surface area contributed by atoms with Gasteiger partial charge in [0.05, 0.1) is 16.7 Å². The van der Waals surface area contributed by atoms with Gasteiger partial charge >= 0.3 is 0 Å². The van der Waals surface area contributed by atoms with Crippen molar-refractivity contribution < 1.29 is 4.74 Å². The Bertz CT molecular complexity index is 1070. The average Bonchev–Trinajstić information content (AvgIpc) is 3.44. The van der Waals surface area contributed by atoms with Crippen molar-refractivity contribution >= 4 is 22.4 Å². The second-order valence-electron chi connectivity index (χ2n) is 7.44. The van der Waals surface area contributed by atoms with E-state index in [9.17, 15) is 0 Å². The maximum Gasteiger partial charge on any atom is 0.213 e. The molecule has 0 unspecified atom stereocenters. The number of pyridine rings is 1. The molecule has 4 heterocycles. The second kappa shape index (κ2) is 8.35. The summed E-state index contributed by atoms with van der Waals surface area (Å²) < 4.78 is 7.97. The van der Waals surface area contributed by atoms with E-state index in [1.165, 1.54) is 32.4 Å². The molecule has 0 radical (unpaired) electrons. The smallest absolute Gasteiger partial charge is 0.213 e. The first-order valence-corrected chi connectivity index (χ1v) is 11.1. The maximum absolute atomic E-state index is 5.85. The summed E-state index contributed by atoms with van der Waals surface area (Å²) >= 11 is 1.69. The van der Waals surface area contributed by atoms with E-state index in [-0.39, 0.29) is 0 Å². The van der Waals surface area contributed by atoms with Crippen LogP contribution < -0.4 is 4.74 Å². The molecule has 5 nitrogen and oxygen atoms in total. The van der Waals surface area contributed by atoms with E-state index in [4.69, 9.17) is 4.74 Å². The Morgan fingerprint density at radius 3 is 2.66 bits per heavy atom. The molecule has 6 heteroatoms. The third-order valence-corrected chi connectivity index (χ3v) is 6.18. The van der Waals surface area contributed by atoms with Gasteiger partial charge in [-0.15, -0.1) is 0 Å². The average molecular weight is 405 g/mol. The minimum absolute atomic E-state index is 0.688. The van der Waals surface area contributed by atoms with Crippen molar-refractivity contribution in [3.63, 3.8) is 0 Å². The molecule has 0 aliphatic carbocycles. The number of aromatic nitrogens is 3. The number of imidazole rings is 1. The molecule has 0 atom stereocenters. The van der Waals surface area contributed by atoms with Gasteiger partial charge in [0.25, 0.3) is 0 Å². The number of hydrogen-bond donors (Lipinski definition) is 0. The molecular formula is C23H24N4OS. The fraction of sp³-hybridized carbons (Fsp3) is 0.304. The van der Waals surface area contributed by atoms with Crippen molar-refractivity contribution in [3.8, 4) is 22.7 Å². The summed E-state index contributed by atoms with van der Waals surface area (Å²) in [4.78, 5) is 11.6. The van der Waals surface area contributed by atoms with E-state index >= 15 is 0 Å². The predicted octanol–water partition coefficient (Wildman–Crippen LogP) is 5.01. The predicted molar refractivity (Wildman–Crippen MR) is 118 cm³/mol. The summed E-state index contributed by atoms with van der Waals surface area (Å²) in [6.07, 6.45) is 7.74. The van der Waals surface area contributed by atoms with Crippen LogP contribution >= 0.6 is 11.3 Å². The normalized spacial score (nSPS) is 15.0. The van der Waals surface area contributed by atoms with Crippen LogP contribution in [0.15, 0.2) is 59.7 Å². The van der Waals surface area contributed by atoms with Crippen molar-refractivity contribution in [2.24, 2.45) is 0 Å². The van der Waals surface area contributed by atoms with Crippen LogP contribution in [0.1, 0.15) is 19.3 Å².